The van der Waals surface area contributed by atoms with Crippen LogP contribution in [0.1, 0.15) is 32.8 Å². The minimum absolute atomic E-state index is 0.296. The van der Waals surface area contributed by atoms with Crippen LogP contribution in [0, 0.1) is 0 Å². The fourth-order valence-corrected chi connectivity index (χ4v) is 1.75. The van der Waals surface area contributed by atoms with E-state index in [1.54, 1.807) is 0 Å². The zero-order chi connectivity index (χ0) is 13.4. The lowest BCUT2D eigenvalue weighted by atomic mass is 10.2. The van der Waals surface area contributed by atoms with E-state index < -0.39 is 0 Å². The molecule has 1 N–H and O–H groups in total. The van der Waals surface area contributed by atoms with Crippen LogP contribution in [0.2, 0.25) is 0 Å². The van der Waals surface area contributed by atoms with Gasteiger partial charge in [-0.2, -0.15) is 11.8 Å². The summed E-state index contributed by atoms with van der Waals surface area (Å²) in [6, 6.07) is 8.35. The Morgan fingerprint density at radius 1 is 1.22 bits per heavy atom. The van der Waals surface area contributed by atoms with Crippen LogP contribution in [0.25, 0.3) is 0 Å². The molecule has 1 rings (SSSR count). The number of ether oxygens (including phenoxy) is 1. The number of benzene rings is 1. The molecule has 0 radical (unpaired) electrons. The predicted octanol–water partition coefficient (Wildman–Crippen LogP) is 3.71. The first-order valence-electron chi connectivity index (χ1n) is 6.55. The van der Waals surface area contributed by atoms with Crippen molar-refractivity contribution in [3.63, 3.8) is 0 Å². The fourth-order valence-electron chi connectivity index (χ4n) is 1.50. The molecule has 0 aliphatic carbocycles. The van der Waals surface area contributed by atoms with Crippen molar-refractivity contribution in [2.75, 3.05) is 19.4 Å². The van der Waals surface area contributed by atoms with Gasteiger partial charge in [-0.05, 0) is 44.2 Å². The fraction of sp³-hybridized carbons (Fsp3) is 0.600. The summed E-state index contributed by atoms with van der Waals surface area (Å²) in [5.41, 5.74) is 1.30. The van der Waals surface area contributed by atoms with E-state index in [0.717, 1.165) is 31.9 Å². The van der Waals surface area contributed by atoms with Crippen LogP contribution < -0.4 is 10.1 Å². The Balaban J connectivity index is 2.35. The van der Waals surface area contributed by atoms with Gasteiger partial charge in [-0.25, -0.2) is 0 Å². The van der Waals surface area contributed by atoms with Crippen molar-refractivity contribution < 1.29 is 4.74 Å². The van der Waals surface area contributed by atoms with E-state index in [1.165, 1.54) is 5.56 Å². The second-order valence-electron chi connectivity index (χ2n) is 5.06. The Kier molecular flexibility index (Phi) is 6.58. The summed E-state index contributed by atoms with van der Waals surface area (Å²) >= 11 is 1.89. The largest absolute Gasteiger partial charge is 0.494 e. The molecular formula is C15H25NOS. The lowest BCUT2D eigenvalue weighted by molar-refractivity contribution is 0.317. The second-order valence-corrected chi connectivity index (χ2v) is 6.57. The molecule has 0 amide bonds. The van der Waals surface area contributed by atoms with Gasteiger partial charge < -0.3 is 10.1 Å². The first kappa shape index (κ1) is 15.4. The zero-order valence-electron chi connectivity index (χ0n) is 12.0. The van der Waals surface area contributed by atoms with Gasteiger partial charge >= 0.3 is 0 Å². The molecule has 1 aromatic rings. The SMILES string of the molecule is CCCOc1ccc(CNCC(C)(C)SC)cc1. The van der Waals surface area contributed by atoms with E-state index in [4.69, 9.17) is 4.74 Å². The van der Waals surface area contributed by atoms with Crippen molar-refractivity contribution in [2.45, 2.75) is 38.5 Å². The average molecular weight is 267 g/mol. The van der Waals surface area contributed by atoms with Crippen LogP contribution in [-0.2, 0) is 6.54 Å². The topological polar surface area (TPSA) is 21.3 Å². The lowest BCUT2D eigenvalue weighted by Gasteiger charge is -2.22. The average Bonchev–Trinajstić information content (AvgIpc) is 2.38. The third-order valence-corrected chi connectivity index (χ3v) is 4.08. The maximum atomic E-state index is 5.56. The molecular weight excluding hydrogens is 242 g/mol. The molecule has 18 heavy (non-hydrogen) atoms. The monoisotopic (exact) mass is 267 g/mol. The summed E-state index contributed by atoms with van der Waals surface area (Å²) in [5, 5.41) is 3.49. The van der Waals surface area contributed by atoms with Crippen LogP contribution in [0.4, 0.5) is 0 Å². The summed E-state index contributed by atoms with van der Waals surface area (Å²) in [4.78, 5) is 0. The molecule has 102 valence electrons. The number of hydrogen-bond acceptors (Lipinski definition) is 3. The van der Waals surface area contributed by atoms with Crippen molar-refractivity contribution in [3.05, 3.63) is 29.8 Å². The molecule has 2 nitrogen and oxygen atoms in total. The maximum absolute atomic E-state index is 5.56. The van der Waals surface area contributed by atoms with Crippen molar-refractivity contribution in [1.29, 1.82) is 0 Å². The minimum Gasteiger partial charge on any atom is -0.494 e. The molecule has 0 aliphatic rings. The van der Waals surface area contributed by atoms with E-state index >= 15 is 0 Å². The van der Waals surface area contributed by atoms with Crippen molar-refractivity contribution in [2.24, 2.45) is 0 Å². The van der Waals surface area contributed by atoms with Gasteiger partial charge in [0.15, 0.2) is 0 Å². The number of rotatable bonds is 8. The standard InChI is InChI=1S/C15H25NOS/c1-5-10-17-14-8-6-13(7-9-14)11-16-12-15(2,3)18-4/h6-9,16H,5,10-12H2,1-4H3. The molecule has 0 unspecified atom stereocenters. The highest BCUT2D eigenvalue weighted by atomic mass is 32.2. The Labute approximate surface area is 116 Å². The van der Waals surface area contributed by atoms with E-state index in [0.29, 0.717) is 4.75 Å². The molecule has 1 aromatic carbocycles. The van der Waals surface area contributed by atoms with Crippen LogP contribution >= 0.6 is 11.8 Å². The molecule has 0 aliphatic heterocycles. The third kappa shape index (κ3) is 5.78. The number of thioether (sulfide) groups is 1. The van der Waals surface area contributed by atoms with Gasteiger partial charge in [-0.3, -0.25) is 0 Å². The quantitative estimate of drug-likeness (QED) is 0.776. The van der Waals surface area contributed by atoms with E-state index in [1.807, 2.05) is 23.9 Å². The Hall–Kier alpha value is -0.670. The molecule has 0 heterocycles. The highest BCUT2D eigenvalue weighted by Gasteiger charge is 2.14. The highest BCUT2D eigenvalue weighted by Crippen LogP contribution is 2.19. The highest BCUT2D eigenvalue weighted by molar-refractivity contribution is 7.99. The van der Waals surface area contributed by atoms with Crippen LogP contribution in [0.3, 0.4) is 0 Å². The Bertz CT molecular complexity index is 335. The smallest absolute Gasteiger partial charge is 0.119 e. The summed E-state index contributed by atoms with van der Waals surface area (Å²) < 4.78 is 5.86. The van der Waals surface area contributed by atoms with Gasteiger partial charge in [0.25, 0.3) is 0 Å². The number of nitrogens with one attached hydrogen (secondary N) is 1. The van der Waals surface area contributed by atoms with E-state index in [-0.39, 0.29) is 0 Å². The molecule has 3 heteroatoms. The summed E-state index contributed by atoms with van der Waals surface area (Å²) in [6.07, 6.45) is 3.20. The van der Waals surface area contributed by atoms with Crippen LogP contribution in [0.15, 0.2) is 24.3 Å². The van der Waals surface area contributed by atoms with Gasteiger partial charge in [-0.1, -0.05) is 19.1 Å². The lowest BCUT2D eigenvalue weighted by Crippen LogP contribution is -2.31. The summed E-state index contributed by atoms with van der Waals surface area (Å²) in [6.45, 7) is 9.35. The van der Waals surface area contributed by atoms with Crippen molar-refractivity contribution in [1.82, 2.24) is 5.32 Å². The van der Waals surface area contributed by atoms with Gasteiger partial charge in [0.05, 0.1) is 6.61 Å². The van der Waals surface area contributed by atoms with E-state index in [2.05, 4.69) is 44.5 Å². The predicted molar refractivity (Wildman–Crippen MR) is 81.5 cm³/mol. The molecule has 0 saturated heterocycles. The van der Waals surface area contributed by atoms with Crippen LogP contribution in [0.5, 0.6) is 5.75 Å². The second kappa shape index (κ2) is 7.70. The van der Waals surface area contributed by atoms with Gasteiger partial charge in [0.1, 0.15) is 5.75 Å². The molecule has 0 fully saturated rings. The third-order valence-electron chi connectivity index (χ3n) is 2.83. The number of hydrogen-bond donors (Lipinski definition) is 1. The van der Waals surface area contributed by atoms with Crippen molar-refractivity contribution >= 4 is 11.8 Å². The Morgan fingerprint density at radius 3 is 2.44 bits per heavy atom. The van der Waals surface area contributed by atoms with Gasteiger partial charge in [0, 0.05) is 17.8 Å². The Morgan fingerprint density at radius 2 is 1.89 bits per heavy atom. The summed E-state index contributed by atoms with van der Waals surface area (Å²) in [5.74, 6) is 0.963. The summed E-state index contributed by atoms with van der Waals surface area (Å²) in [7, 11) is 0. The molecule has 0 atom stereocenters. The van der Waals surface area contributed by atoms with Crippen molar-refractivity contribution in [3.8, 4) is 5.75 Å². The normalized spacial score (nSPS) is 11.6. The first-order valence-corrected chi connectivity index (χ1v) is 7.77. The van der Waals surface area contributed by atoms with Gasteiger partial charge in [0.2, 0.25) is 0 Å². The molecule has 0 aromatic heterocycles. The minimum atomic E-state index is 0.296. The van der Waals surface area contributed by atoms with Gasteiger partial charge in [-0.15, -0.1) is 0 Å². The van der Waals surface area contributed by atoms with E-state index in [9.17, 15) is 0 Å². The molecule has 0 saturated carbocycles. The molecule has 0 spiro atoms. The first-order chi connectivity index (χ1) is 8.57. The van der Waals surface area contributed by atoms with Crippen LogP contribution in [-0.4, -0.2) is 24.2 Å². The maximum Gasteiger partial charge on any atom is 0.119 e. The zero-order valence-corrected chi connectivity index (χ0v) is 12.8. The molecule has 0 bridgehead atoms.